The van der Waals surface area contributed by atoms with E-state index in [4.69, 9.17) is 15.2 Å². The topological polar surface area (TPSA) is 90.6 Å². The van der Waals surface area contributed by atoms with Crippen LogP contribution in [0, 0.1) is 0 Å². The lowest BCUT2D eigenvalue weighted by Crippen LogP contribution is -2.48. The highest BCUT2D eigenvalue weighted by molar-refractivity contribution is 5.93. The van der Waals surface area contributed by atoms with E-state index in [1.54, 1.807) is 4.90 Å². The maximum atomic E-state index is 13.2. The van der Waals surface area contributed by atoms with Crippen molar-refractivity contribution in [2.24, 2.45) is 5.73 Å². The van der Waals surface area contributed by atoms with Gasteiger partial charge in [-0.2, -0.15) is 5.10 Å². The molecule has 4 rings (SSSR count). The summed E-state index contributed by atoms with van der Waals surface area (Å²) in [7, 11) is 0. The number of amides is 1. The summed E-state index contributed by atoms with van der Waals surface area (Å²) in [6.07, 6.45) is 9.20. The molecule has 0 bridgehead atoms. The number of carbonyl (C=O) groups is 1. The Kier molecular flexibility index (Phi) is 8.29. The summed E-state index contributed by atoms with van der Waals surface area (Å²) in [5, 5.41) is 8.78. The maximum absolute atomic E-state index is 13.2. The molecule has 0 spiro atoms. The minimum atomic E-state index is -0.129. The number of nitrogens with zero attached hydrogens (tertiary/aromatic N) is 3. The van der Waals surface area contributed by atoms with Crippen LogP contribution < -0.4 is 10.5 Å². The van der Waals surface area contributed by atoms with Gasteiger partial charge < -0.3 is 20.1 Å². The van der Waals surface area contributed by atoms with Gasteiger partial charge in [-0.15, -0.1) is 5.10 Å². The molecule has 2 aromatic rings. The highest BCUT2D eigenvalue weighted by Gasteiger charge is 2.26. The summed E-state index contributed by atoms with van der Waals surface area (Å²) in [4.78, 5) is 14.9. The van der Waals surface area contributed by atoms with Crippen molar-refractivity contribution in [1.29, 1.82) is 0 Å². The number of aromatic nitrogens is 2. The summed E-state index contributed by atoms with van der Waals surface area (Å²) >= 11 is 0. The number of morpholine rings is 1. The first-order valence-electron chi connectivity index (χ1n) is 12.4. The fraction of sp³-hybridized carbons (Fsp3) is 0.577. The zero-order valence-corrected chi connectivity index (χ0v) is 19.7. The van der Waals surface area contributed by atoms with Crippen molar-refractivity contribution in [3.8, 4) is 16.9 Å². The maximum Gasteiger partial charge on any atom is 0.274 e. The summed E-state index contributed by atoms with van der Waals surface area (Å²) in [6, 6.07) is 10.1. The number of ether oxygens (including phenoxy) is 2. The lowest BCUT2D eigenvalue weighted by atomic mass is 9.97. The molecule has 178 valence electrons. The number of hydrogen-bond donors (Lipinski definition) is 1. The third-order valence-corrected chi connectivity index (χ3v) is 6.57. The van der Waals surface area contributed by atoms with Gasteiger partial charge in [-0.05, 0) is 62.3 Å². The van der Waals surface area contributed by atoms with E-state index in [9.17, 15) is 4.79 Å². The SMILES string of the molecule is CCCCc1nnc(C(=O)N2CCO[C@@H](CN)C2)cc1-c1ccc(OC2CCCCC2)cc1. The van der Waals surface area contributed by atoms with Crippen molar-refractivity contribution in [3.63, 3.8) is 0 Å². The van der Waals surface area contributed by atoms with Gasteiger partial charge in [-0.25, -0.2) is 0 Å². The molecule has 33 heavy (non-hydrogen) atoms. The van der Waals surface area contributed by atoms with Crippen molar-refractivity contribution >= 4 is 5.91 Å². The largest absolute Gasteiger partial charge is 0.490 e. The van der Waals surface area contributed by atoms with E-state index >= 15 is 0 Å². The fourth-order valence-corrected chi connectivity index (χ4v) is 4.60. The van der Waals surface area contributed by atoms with Gasteiger partial charge in [-0.3, -0.25) is 4.79 Å². The monoisotopic (exact) mass is 452 g/mol. The number of rotatable bonds is 8. The third-order valence-electron chi connectivity index (χ3n) is 6.57. The summed E-state index contributed by atoms with van der Waals surface area (Å²) < 4.78 is 11.8. The van der Waals surface area contributed by atoms with Crippen LogP contribution >= 0.6 is 0 Å². The molecule has 2 N–H and O–H groups in total. The van der Waals surface area contributed by atoms with E-state index in [1.807, 2.05) is 18.2 Å². The number of unbranched alkanes of at least 4 members (excludes halogenated alkanes) is 1. The molecule has 1 aliphatic carbocycles. The molecule has 2 aliphatic rings. The quantitative estimate of drug-likeness (QED) is 0.651. The van der Waals surface area contributed by atoms with Crippen molar-refractivity contribution in [2.45, 2.75) is 70.5 Å². The van der Waals surface area contributed by atoms with E-state index in [0.717, 1.165) is 54.7 Å². The Morgan fingerprint density at radius 1 is 1.18 bits per heavy atom. The second kappa shape index (κ2) is 11.6. The van der Waals surface area contributed by atoms with E-state index in [0.29, 0.717) is 38.0 Å². The molecule has 1 saturated carbocycles. The van der Waals surface area contributed by atoms with Crippen LogP contribution in [0.3, 0.4) is 0 Å². The third kappa shape index (κ3) is 6.09. The van der Waals surface area contributed by atoms with Gasteiger partial charge >= 0.3 is 0 Å². The van der Waals surface area contributed by atoms with Gasteiger partial charge in [-0.1, -0.05) is 31.9 Å². The Bertz CT molecular complexity index is 912. The van der Waals surface area contributed by atoms with E-state index in [2.05, 4.69) is 29.3 Å². The molecule has 0 unspecified atom stereocenters. The van der Waals surface area contributed by atoms with E-state index in [1.165, 1.54) is 19.3 Å². The van der Waals surface area contributed by atoms with Gasteiger partial charge in [0.05, 0.1) is 24.5 Å². The molecule has 7 nitrogen and oxygen atoms in total. The highest BCUT2D eigenvalue weighted by atomic mass is 16.5. The van der Waals surface area contributed by atoms with E-state index < -0.39 is 0 Å². The first-order valence-corrected chi connectivity index (χ1v) is 12.4. The minimum absolute atomic E-state index is 0.121. The second-order valence-corrected chi connectivity index (χ2v) is 9.08. The van der Waals surface area contributed by atoms with Crippen molar-refractivity contribution < 1.29 is 14.3 Å². The molecule has 0 radical (unpaired) electrons. The summed E-state index contributed by atoms with van der Waals surface area (Å²) in [6.45, 7) is 4.07. The van der Waals surface area contributed by atoms with Crippen LogP contribution in [0.4, 0.5) is 0 Å². The number of carbonyl (C=O) groups excluding carboxylic acids is 1. The lowest BCUT2D eigenvalue weighted by Gasteiger charge is -2.32. The predicted molar refractivity (Wildman–Crippen MR) is 128 cm³/mol. The average molecular weight is 453 g/mol. The highest BCUT2D eigenvalue weighted by Crippen LogP contribution is 2.29. The number of aryl methyl sites for hydroxylation is 1. The molecule has 1 aromatic carbocycles. The number of nitrogens with two attached hydrogens (primary N) is 1. The van der Waals surface area contributed by atoms with Crippen LogP contribution in [-0.4, -0.2) is 59.5 Å². The van der Waals surface area contributed by atoms with E-state index in [-0.39, 0.29) is 12.0 Å². The van der Waals surface area contributed by atoms with Gasteiger partial charge in [0, 0.05) is 25.2 Å². The predicted octanol–water partition coefficient (Wildman–Crippen LogP) is 4.00. The van der Waals surface area contributed by atoms with Crippen LogP contribution in [0.25, 0.3) is 11.1 Å². The zero-order valence-electron chi connectivity index (χ0n) is 19.7. The Hall–Kier alpha value is -2.51. The van der Waals surface area contributed by atoms with Crippen LogP contribution in [0.2, 0.25) is 0 Å². The first kappa shape index (κ1) is 23.6. The van der Waals surface area contributed by atoms with Crippen molar-refractivity contribution in [1.82, 2.24) is 15.1 Å². The molecule has 1 aromatic heterocycles. The van der Waals surface area contributed by atoms with Crippen LogP contribution in [0.15, 0.2) is 30.3 Å². The normalized spacial score (nSPS) is 19.5. The molecule has 1 amide bonds. The molecular formula is C26H36N4O3. The zero-order chi connectivity index (χ0) is 23.0. The van der Waals surface area contributed by atoms with Crippen molar-refractivity contribution in [2.75, 3.05) is 26.2 Å². The fourth-order valence-electron chi connectivity index (χ4n) is 4.60. The van der Waals surface area contributed by atoms with Crippen LogP contribution in [0.5, 0.6) is 5.75 Å². The smallest absolute Gasteiger partial charge is 0.274 e. The van der Waals surface area contributed by atoms with Gasteiger partial charge in [0.15, 0.2) is 5.69 Å². The average Bonchev–Trinajstić information content (AvgIpc) is 2.88. The standard InChI is InChI=1S/C26H36N4O3/c1-2-3-9-24-23(19-10-12-21(13-11-19)33-20-7-5-4-6-8-20)16-25(29-28-24)26(31)30-14-15-32-22(17-27)18-30/h10-13,16,20,22H,2-9,14-15,17-18,27H2,1H3/t22-/m0/s1. The molecule has 2 heterocycles. The Balaban J connectivity index is 1.55. The number of benzene rings is 1. The molecule has 2 fully saturated rings. The number of hydrogen-bond acceptors (Lipinski definition) is 6. The summed E-state index contributed by atoms with van der Waals surface area (Å²) in [5.41, 5.74) is 9.03. The van der Waals surface area contributed by atoms with Gasteiger partial charge in [0.1, 0.15) is 5.75 Å². The van der Waals surface area contributed by atoms with Gasteiger partial charge in [0.2, 0.25) is 0 Å². The first-order chi connectivity index (χ1) is 16.2. The Morgan fingerprint density at radius 3 is 2.70 bits per heavy atom. The molecule has 1 aliphatic heterocycles. The molecule has 1 atom stereocenters. The molecular weight excluding hydrogens is 416 g/mol. The van der Waals surface area contributed by atoms with Crippen molar-refractivity contribution in [3.05, 3.63) is 41.7 Å². The van der Waals surface area contributed by atoms with Crippen LogP contribution in [-0.2, 0) is 11.2 Å². The van der Waals surface area contributed by atoms with Gasteiger partial charge in [0.25, 0.3) is 5.91 Å². The Labute approximate surface area is 196 Å². The molecule has 1 saturated heterocycles. The molecule has 7 heteroatoms. The Morgan fingerprint density at radius 2 is 1.97 bits per heavy atom. The van der Waals surface area contributed by atoms with Crippen LogP contribution in [0.1, 0.15) is 68.1 Å². The minimum Gasteiger partial charge on any atom is -0.490 e. The second-order valence-electron chi connectivity index (χ2n) is 9.08. The lowest BCUT2D eigenvalue weighted by molar-refractivity contribution is -0.0169. The summed E-state index contributed by atoms with van der Waals surface area (Å²) in [5.74, 6) is 0.782.